The summed E-state index contributed by atoms with van der Waals surface area (Å²) in [5.74, 6) is 0. The molecule has 1 N–H and O–H groups in total. The number of rotatable bonds is 1. The van der Waals surface area contributed by atoms with E-state index in [2.05, 4.69) is 65.0 Å². The molecule has 0 saturated heterocycles. The first-order valence-corrected chi connectivity index (χ1v) is 6.85. The highest BCUT2D eigenvalue weighted by molar-refractivity contribution is 7.15. The van der Waals surface area contributed by atoms with Gasteiger partial charge in [0.25, 0.3) is 0 Å². The standard InChI is InChI=1S/C16H11NS/c1-2-6-11(7-3-1)16-15-12-8-4-5-9-13(12)17-14(15)10-18-16/h1-10,17H. The van der Waals surface area contributed by atoms with Crippen LogP contribution in [0.2, 0.25) is 0 Å². The molecule has 1 nitrogen and oxygen atoms in total. The summed E-state index contributed by atoms with van der Waals surface area (Å²) in [5.41, 5.74) is 3.75. The van der Waals surface area contributed by atoms with Gasteiger partial charge in [-0.3, -0.25) is 0 Å². The van der Waals surface area contributed by atoms with Gasteiger partial charge in [-0.1, -0.05) is 48.5 Å². The number of para-hydroxylation sites is 1. The summed E-state index contributed by atoms with van der Waals surface area (Å²) >= 11 is 1.81. The van der Waals surface area contributed by atoms with Crippen molar-refractivity contribution in [1.29, 1.82) is 0 Å². The van der Waals surface area contributed by atoms with E-state index in [1.165, 1.54) is 32.2 Å². The SMILES string of the molecule is c1ccc(-c2scc3[nH]c4ccccc4c23)cc1. The van der Waals surface area contributed by atoms with E-state index < -0.39 is 0 Å². The molecule has 2 heteroatoms. The molecule has 2 aromatic heterocycles. The molecular formula is C16H11NS. The Kier molecular flexibility index (Phi) is 2.05. The van der Waals surface area contributed by atoms with Crippen molar-refractivity contribution >= 4 is 33.1 Å². The van der Waals surface area contributed by atoms with Crippen LogP contribution in [0.4, 0.5) is 0 Å². The second-order valence-electron chi connectivity index (χ2n) is 4.39. The molecule has 0 saturated carbocycles. The van der Waals surface area contributed by atoms with Crippen molar-refractivity contribution in [2.24, 2.45) is 0 Å². The Hall–Kier alpha value is -2.06. The van der Waals surface area contributed by atoms with E-state index in [4.69, 9.17) is 0 Å². The number of hydrogen-bond acceptors (Lipinski definition) is 1. The van der Waals surface area contributed by atoms with Crippen molar-refractivity contribution in [2.75, 3.05) is 0 Å². The summed E-state index contributed by atoms with van der Waals surface area (Å²) in [7, 11) is 0. The van der Waals surface area contributed by atoms with E-state index in [0.717, 1.165) is 0 Å². The minimum atomic E-state index is 1.22. The van der Waals surface area contributed by atoms with E-state index in [0.29, 0.717) is 0 Å². The molecule has 2 heterocycles. The Balaban J connectivity index is 2.13. The zero-order valence-corrected chi connectivity index (χ0v) is 10.5. The van der Waals surface area contributed by atoms with Gasteiger partial charge >= 0.3 is 0 Å². The van der Waals surface area contributed by atoms with Crippen LogP contribution < -0.4 is 0 Å². The molecule has 4 aromatic rings. The first kappa shape index (κ1) is 9.92. The van der Waals surface area contributed by atoms with Crippen LogP contribution in [0.1, 0.15) is 0 Å². The van der Waals surface area contributed by atoms with Gasteiger partial charge in [0.1, 0.15) is 0 Å². The fourth-order valence-electron chi connectivity index (χ4n) is 2.47. The summed E-state index contributed by atoms with van der Waals surface area (Å²) in [4.78, 5) is 4.83. The number of fused-ring (bicyclic) bond motifs is 3. The predicted octanol–water partition coefficient (Wildman–Crippen LogP) is 5.05. The van der Waals surface area contributed by atoms with Crippen LogP contribution in [0.3, 0.4) is 0 Å². The molecule has 0 fully saturated rings. The first-order valence-electron chi connectivity index (χ1n) is 5.97. The lowest BCUT2D eigenvalue weighted by Crippen LogP contribution is -1.71. The van der Waals surface area contributed by atoms with E-state index >= 15 is 0 Å². The van der Waals surface area contributed by atoms with Gasteiger partial charge < -0.3 is 4.98 Å². The van der Waals surface area contributed by atoms with Crippen LogP contribution >= 0.6 is 11.3 Å². The first-order chi connectivity index (χ1) is 8.93. The second kappa shape index (κ2) is 3.72. The highest BCUT2D eigenvalue weighted by atomic mass is 32.1. The van der Waals surface area contributed by atoms with Gasteiger partial charge in [-0.25, -0.2) is 0 Å². The number of hydrogen-bond donors (Lipinski definition) is 1. The number of H-pyrrole nitrogens is 1. The van der Waals surface area contributed by atoms with Crippen LogP contribution in [0.25, 0.3) is 32.2 Å². The molecule has 0 aliphatic heterocycles. The highest BCUT2D eigenvalue weighted by Gasteiger charge is 2.11. The van der Waals surface area contributed by atoms with Gasteiger partial charge in [0.15, 0.2) is 0 Å². The Morgan fingerprint density at radius 1 is 0.778 bits per heavy atom. The monoisotopic (exact) mass is 249 g/mol. The summed E-state index contributed by atoms with van der Waals surface area (Å²) in [5, 5.41) is 4.87. The quantitative estimate of drug-likeness (QED) is 0.486. The molecule has 0 amide bonds. The van der Waals surface area contributed by atoms with Gasteiger partial charge in [0.2, 0.25) is 0 Å². The number of aromatic amines is 1. The average Bonchev–Trinajstić information content (AvgIpc) is 2.98. The molecule has 4 rings (SSSR count). The zero-order chi connectivity index (χ0) is 11.9. The van der Waals surface area contributed by atoms with E-state index in [1.54, 1.807) is 11.3 Å². The van der Waals surface area contributed by atoms with Crippen molar-refractivity contribution in [1.82, 2.24) is 4.98 Å². The number of benzene rings is 2. The third-order valence-electron chi connectivity index (χ3n) is 3.29. The fraction of sp³-hybridized carbons (Fsp3) is 0. The summed E-state index contributed by atoms with van der Waals surface area (Å²) in [6.45, 7) is 0. The topological polar surface area (TPSA) is 15.8 Å². The third kappa shape index (κ3) is 1.33. The number of thiophene rings is 1. The van der Waals surface area contributed by atoms with Crippen LogP contribution in [-0.4, -0.2) is 4.98 Å². The third-order valence-corrected chi connectivity index (χ3v) is 4.32. The summed E-state index contributed by atoms with van der Waals surface area (Å²) < 4.78 is 0. The molecule has 0 aliphatic carbocycles. The van der Waals surface area contributed by atoms with Crippen molar-refractivity contribution in [3.63, 3.8) is 0 Å². The molecule has 0 spiro atoms. The van der Waals surface area contributed by atoms with E-state index in [1.807, 2.05) is 0 Å². The maximum Gasteiger partial charge on any atom is 0.0580 e. The molecule has 86 valence electrons. The van der Waals surface area contributed by atoms with Gasteiger partial charge in [0.05, 0.1) is 5.52 Å². The van der Waals surface area contributed by atoms with Gasteiger partial charge in [-0.05, 0) is 11.6 Å². The van der Waals surface area contributed by atoms with Gasteiger partial charge in [-0.2, -0.15) is 0 Å². The lowest BCUT2D eigenvalue weighted by atomic mass is 10.1. The smallest absolute Gasteiger partial charge is 0.0580 e. The minimum Gasteiger partial charge on any atom is -0.354 e. The second-order valence-corrected chi connectivity index (χ2v) is 5.27. The van der Waals surface area contributed by atoms with Crippen molar-refractivity contribution < 1.29 is 0 Å². The molecule has 18 heavy (non-hydrogen) atoms. The summed E-state index contributed by atoms with van der Waals surface area (Å²) in [6, 6.07) is 19.1. The Morgan fingerprint density at radius 3 is 2.44 bits per heavy atom. The van der Waals surface area contributed by atoms with Crippen LogP contribution in [0, 0.1) is 0 Å². The van der Waals surface area contributed by atoms with E-state index in [9.17, 15) is 0 Å². The van der Waals surface area contributed by atoms with Gasteiger partial charge in [0, 0.05) is 26.5 Å². The Morgan fingerprint density at radius 2 is 1.56 bits per heavy atom. The van der Waals surface area contributed by atoms with Crippen LogP contribution in [0.5, 0.6) is 0 Å². The predicted molar refractivity (Wildman–Crippen MR) is 79.1 cm³/mol. The van der Waals surface area contributed by atoms with Crippen molar-refractivity contribution in [3.8, 4) is 10.4 Å². The highest BCUT2D eigenvalue weighted by Crippen LogP contribution is 2.39. The average molecular weight is 249 g/mol. The molecule has 0 bridgehead atoms. The molecule has 0 unspecified atom stereocenters. The lowest BCUT2D eigenvalue weighted by molar-refractivity contribution is 1.56. The molecule has 2 aromatic carbocycles. The van der Waals surface area contributed by atoms with Crippen molar-refractivity contribution in [2.45, 2.75) is 0 Å². The molecular weight excluding hydrogens is 238 g/mol. The van der Waals surface area contributed by atoms with E-state index in [-0.39, 0.29) is 0 Å². The minimum absolute atomic E-state index is 1.22. The van der Waals surface area contributed by atoms with Gasteiger partial charge in [-0.15, -0.1) is 11.3 Å². The molecule has 0 aliphatic rings. The fourth-order valence-corrected chi connectivity index (χ4v) is 3.50. The Bertz CT molecular complexity index is 824. The number of aromatic nitrogens is 1. The zero-order valence-electron chi connectivity index (χ0n) is 9.68. The maximum atomic E-state index is 3.48. The Labute approximate surface area is 109 Å². The number of nitrogens with one attached hydrogen (secondary N) is 1. The molecule has 0 radical (unpaired) electrons. The normalized spacial score (nSPS) is 11.3. The van der Waals surface area contributed by atoms with Crippen molar-refractivity contribution in [3.05, 3.63) is 60.0 Å². The van der Waals surface area contributed by atoms with Crippen LogP contribution in [0.15, 0.2) is 60.0 Å². The van der Waals surface area contributed by atoms with Crippen LogP contribution in [-0.2, 0) is 0 Å². The largest absolute Gasteiger partial charge is 0.354 e. The lowest BCUT2D eigenvalue weighted by Gasteiger charge is -1.97. The molecule has 0 atom stereocenters. The maximum absolute atomic E-state index is 3.48. The summed E-state index contributed by atoms with van der Waals surface area (Å²) in [6.07, 6.45) is 0.